The smallest absolute Gasteiger partial charge is 1.00 e. The summed E-state index contributed by atoms with van der Waals surface area (Å²) in [5.74, 6) is 0. The van der Waals surface area contributed by atoms with E-state index in [1.165, 1.54) is 66.0 Å². The van der Waals surface area contributed by atoms with Crippen molar-refractivity contribution >= 4 is 19.9 Å². The van der Waals surface area contributed by atoms with E-state index in [1.54, 1.807) is 0 Å². The fraction of sp³-hybridized carbons (Fsp3) is 0.180. The van der Waals surface area contributed by atoms with Gasteiger partial charge in [-0.2, -0.15) is 18.2 Å². The number of hydrogen-bond acceptors (Lipinski definition) is 0. The summed E-state index contributed by atoms with van der Waals surface area (Å²) in [6, 6.07) is 64.0. The van der Waals surface area contributed by atoms with Crippen LogP contribution in [0.5, 0.6) is 0 Å². The van der Waals surface area contributed by atoms with E-state index >= 15 is 0 Å². The summed E-state index contributed by atoms with van der Waals surface area (Å²) in [6.45, 7) is 13.9. The van der Waals surface area contributed by atoms with Gasteiger partial charge in [0.15, 0.2) is 0 Å². The number of halogens is 2. The largest absolute Gasteiger partial charge is 4.00 e. The molecule has 0 unspecified atom stereocenters. The molecule has 1 aliphatic rings. The van der Waals surface area contributed by atoms with Gasteiger partial charge in [-0.15, -0.1) is 28.8 Å². The summed E-state index contributed by atoms with van der Waals surface area (Å²) in [7, 11) is 0.777. The first-order valence-corrected chi connectivity index (χ1v) is 19.0. The number of rotatable bonds is 4. The van der Waals surface area contributed by atoms with Crippen LogP contribution in [0.15, 0.2) is 170 Å². The van der Waals surface area contributed by atoms with Gasteiger partial charge in [-0.3, -0.25) is 0 Å². The molecule has 1 aliphatic carbocycles. The van der Waals surface area contributed by atoms with Gasteiger partial charge in [-0.1, -0.05) is 202 Å². The minimum atomic E-state index is 0. The van der Waals surface area contributed by atoms with Crippen molar-refractivity contribution in [2.24, 2.45) is 0 Å². The van der Waals surface area contributed by atoms with E-state index < -0.39 is 0 Å². The van der Waals surface area contributed by atoms with Gasteiger partial charge in [0.1, 0.15) is 9.52 Å². The fourth-order valence-corrected chi connectivity index (χ4v) is 7.68. The molecule has 7 aromatic rings. The number of fused-ring (bicyclic) bond motifs is 3. The summed E-state index contributed by atoms with van der Waals surface area (Å²) >= 11 is 0. The van der Waals surface area contributed by atoms with Gasteiger partial charge in [-0.05, 0) is 39.5 Å². The van der Waals surface area contributed by atoms with E-state index in [0.29, 0.717) is 0 Å². The van der Waals surface area contributed by atoms with Crippen LogP contribution < -0.4 is 35.2 Å². The fourth-order valence-electron chi connectivity index (χ4n) is 6.63. The van der Waals surface area contributed by atoms with Crippen molar-refractivity contribution in [3.8, 4) is 33.4 Å². The predicted molar refractivity (Wildman–Crippen MR) is 222 cm³/mol. The van der Waals surface area contributed by atoms with E-state index in [2.05, 4.69) is 187 Å². The first kappa shape index (κ1) is 44.7. The third-order valence-corrected chi connectivity index (χ3v) is 10.5. The summed E-state index contributed by atoms with van der Waals surface area (Å²) in [5, 5.41) is 2.79. The SMILES string of the molecule is CC(C)(C)c1cc2c([c-]c1-c1ccccc1)Cc1cc(-c3ccccc3)c(C(C)(C)C)cc1-2.[Cl-].[Cl-].[Zr+4].c1cc[cH-]c1.c1ccc([Si]c2ccccc2)cc1. The van der Waals surface area contributed by atoms with Crippen LogP contribution in [0.25, 0.3) is 33.4 Å². The molecule has 8 rings (SSSR count). The molecule has 54 heavy (non-hydrogen) atoms. The van der Waals surface area contributed by atoms with Gasteiger partial charge in [0.2, 0.25) is 0 Å². The normalized spacial score (nSPS) is 11.1. The first-order valence-electron chi connectivity index (χ1n) is 18.0. The minimum Gasteiger partial charge on any atom is -1.00 e. The summed E-state index contributed by atoms with van der Waals surface area (Å²) < 4.78 is 0. The number of benzene rings is 6. The number of hydrogen-bond donors (Lipinski definition) is 0. The Morgan fingerprint density at radius 2 is 0.944 bits per heavy atom. The van der Waals surface area contributed by atoms with E-state index in [4.69, 9.17) is 0 Å². The monoisotopic (exact) mass is 836 g/mol. The Kier molecular flexibility index (Phi) is 16.8. The first-order chi connectivity index (χ1) is 24.6. The van der Waals surface area contributed by atoms with Crippen molar-refractivity contribution in [3.05, 3.63) is 198 Å². The van der Waals surface area contributed by atoms with E-state index in [1.807, 2.05) is 30.3 Å². The van der Waals surface area contributed by atoms with Crippen LogP contribution in [0.3, 0.4) is 0 Å². The second-order valence-electron chi connectivity index (χ2n) is 15.2. The van der Waals surface area contributed by atoms with Gasteiger partial charge in [0.05, 0.1) is 0 Å². The molecule has 7 aromatic carbocycles. The standard InChI is InChI=1S/C33H33.C12H10Si.C5H5.2ClH.Zr/c1-32(2,3)30-20-26-24(18-28(30)22-13-9-7-10-14-22)17-25-19-29(23-15-11-8-12-16-23)31(21-27(25)26)33(4,5)6;1-3-7-11(8-4-1)13-12-9-5-2-6-10-12;1-2-4-5-3-1;;;/h7-16,18,20-21H,17H2,1-6H3;1-10H;1-5H;2*1H;/q-1;;-1;;;+4/p-2. The maximum absolute atomic E-state index is 3.88. The third-order valence-electron chi connectivity index (χ3n) is 9.21. The van der Waals surface area contributed by atoms with Crippen LogP contribution in [0.4, 0.5) is 0 Å². The summed E-state index contributed by atoms with van der Waals surface area (Å²) in [4.78, 5) is 0. The van der Waals surface area contributed by atoms with Crippen molar-refractivity contribution in [3.63, 3.8) is 0 Å². The van der Waals surface area contributed by atoms with Crippen molar-refractivity contribution in [2.45, 2.75) is 58.8 Å². The molecule has 270 valence electrons. The zero-order chi connectivity index (χ0) is 35.8. The topological polar surface area (TPSA) is 0 Å². The Morgan fingerprint density at radius 3 is 1.39 bits per heavy atom. The molecular formula is C50H48Cl2SiZr. The average molecular weight is 839 g/mol. The second kappa shape index (κ2) is 20.3. The molecular weight excluding hydrogens is 791 g/mol. The van der Waals surface area contributed by atoms with Crippen molar-refractivity contribution in [1.82, 2.24) is 0 Å². The Morgan fingerprint density at radius 1 is 0.500 bits per heavy atom. The van der Waals surface area contributed by atoms with Crippen molar-refractivity contribution in [2.75, 3.05) is 0 Å². The molecule has 0 nitrogen and oxygen atoms in total. The zero-order valence-corrected chi connectivity index (χ0v) is 37.1. The molecule has 0 atom stereocenters. The molecule has 0 heterocycles. The quantitative estimate of drug-likeness (QED) is 0.157. The molecule has 0 bridgehead atoms. The Balaban J connectivity index is 0.000000309. The Labute approximate surface area is 358 Å². The molecule has 0 spiro atoms. The molecule has 2 radical (unpaired) electrons. The van der Waals surface area contributed by atoms with Crippen LogP contribution in [0, 0.1) is 6.07 Å². The van der Waals surface area contributed by atoms with Crippen LogP contribution in [0.2, 0.25) is 0 Å². The molecule has 0 amide bonds. The van der Waals surface area contributed by atoms with E-state index in [9.17, 15) is 0 Å². The average Bonchev–Trinajstić information content (AvgIpc) is 3.84. The third kappa shape index (κ3) is 11.4. The second-order valence-corrected chi connectivity index (χ2v) is 16.6. The van der Waals surface area contributed by atoms with Crippen LogP contribution in [-0.4, -0.2) is 9.52 Å². The maximum atomic E-state index is 3.88. The molecule has 0 aliphatic heterocycles. The van der Waals surface area contributed by atoms with Gasteiger partial charge in [0.25, 0.3) is 0 Å². The maximum Gasteiger partial charge on any atom is 4.00 e. The van der Waals surface area contributed by atoms with Gasteiger partial charge in [-0.25, -0.2) is 12.1 Å². The minimum absolute atomic E-state index is 0. The Bertz CT molecular complexity index is 1970. The molecule has 0 N–H and O–H groups in total. The van der Waals surface area contributed by atoms with Crippen LogP contribution >= 0.6 is 0 Å². The van der Waals surface area contributed by atoms with Gasteiger partial charge >= 0.3 is 26.2 Å². The van der Waals surface area contributed by atoms with E-state index in [0.717, 1.165) is 15.9 Å². The molecule has 0 saturated carbocycles. The molecule has 0 saturated heterocycles. The van der Waals surface area contributed by atoms with Crippen LogP contribution in [-0.2, 0) is 43.5 Å². The van der Waals surface area contributed by atoms with Gasteiger partial charge in [0, 0.05) is 0 Å². The molecule has 0 fully saturated rings. The molecule has 0 aromatic heterocycles. The van der Waals surface area contributed by atoms with E-state index in [-0.39, 0.29) is 61.8 Å². The van der Waals surface area contributed by atoms with Gasteiger partial charge < -0.3 is 24.8 Å². The predicted octanol–water partition coefficient (Wildman–Crippen LogP) is 5.74. The van der Waals surface area contributed by atoms with Crippen molar-refractivity contribution in [1.29, 1.82) is 0 Å². The zero-order valence-electron chi connectivity index (χ0n) is 32.1. The molecule has 4 heteroatoms. The Hall–Kier alpha value is -3.65. The summed E-state index contributed by atoms with van der Waals surface area (Å²) in [5.41, 5.74) is 13.5. The van der Waals surface area contributed by atoms with Crippen LogP contribution in [0.1, 0.15) is 63.8 Å². The summed E-state index contributed by atoms with van der Waals surface area (Å²) in [6.07, 6.45) is 0.944. The van der Waals surface area contributed by atoms with Crippen molar-refractivity contribution < 1.29 is 51.0 Å².